The molecule has 2 aromatic rings. The van der Waals surface area contributed by atoms with Gasteiger partial charge in [-0.25, -0.2) is 4.68 Å². The maximum atomic E-state index is 11.5. The van der Waals surface area contributed by atoms with E-state index in [1.54, 1.807) is 4.68 Å². The van der Waals surface area contributed by atoms with Gasteiger partial charge in [0.05, 0.1) is 12.7 Å². The Labute approximate surface area is 121 Å². The molecule has 1 fully saturated rings. The summed E-state index contributed by atoms with van der Waals surface area (Å²) in [5.74, 6) is -0.264. The number of carbonyl (C=O) groups is 1. The van der Waals surface area contributed by atoms with E-state index in [9.17, 15) is 4.79 Å². The van der Waals surface area contributed by atoms with Crippen LogP contribution in [0.2, 0.25) is 0 Å². The van der Waals surface area contributed by atoms with E-state index in [1.807, 2.05) is 28.8 Å². The van der Waals surface area contributed by atoms with Crippen molar-refractivity contribution in [3.63, 3.8) is 0 Å². The predicted molar refractivity (Wildman–Crippen MR) is 77.6 cm³/mol. The zero-order valence-electron chi connectivity index (χ0n) is 11.1. The number of pyridine rings is 1. The Hall–Kier alpha value is -1.73. The van der Waals surface area contributed by atoms with Crippen LogP contribution in [0.1, 0.15) is 19.3 Å². The molecule has 0 saturated carbocycles. The highest BCUT2D eigenvalue weighted by Crippen LogP contribution is 2.17. The van der Waals surface area contributed by atoms with Crippen molar-refractivity contribution in [2.75, 3.05) is 6.54 Å². The summed E-state index contributed by atoms with van der Waals surface area (Å²) >= 11 is 5.42. The van der Waals surface area contributed by atoms with E-state index in [2.05, 4.69) is 10.00 Å². The van der Waals surface area contributed by atoms with Gasteiger partial charge in [-0.15, -0.1) is 0 Å². The molecule has 1 aliphatic heterocycles. The van der Waals surface area contributed by atoms with E-state index < -0.39 is 0 Å². The van der Waals surface area contributed by atoms with Crippen molar-refractivity contribution in [2.45, 2.75) is 32.0 Å². The van der Waals surface area contributed by atoms with Crippen molar-refractivity contribution >= 4 is 23.8 Å². The molecule has 2 aromatic heterocycles. The van der Waals surface area contributed by atoms with Crippen LogP contribution in [0.3, 0.4) is 0 Å². The molecule has 6 nitrogen and oxygen atoms in total. The Morgan fingerprint density at radius 3 is 3.05 bits per heavy atom. The van der Waals surface area contributed by atoms with E-state index in [-0.39, 0.29) is 11.9 Å². The Kier molecular flexibility index (Phi) is 3.54. The Balaban J connectivity index is 1.90. The standard InChI is InChI=1S/C13H17N5OS/c14-12(19)10-5-1-3-7-16(10)9-18-13(20)17-8-4-2-6-11(17)15-18/h2,4,6,8,10H,1,3,5,7,9H2,(H2,14,19). The van der Waals surface area contributed by atoms with Crippen molar-refractivity contribution in [2.24, 2.45) is 5.73 Å². The van der Waals surface area contributed by atoms with Gasteiger partial charge in [-0.1, -0.05) is 12.5 Å². The minimum Gasteiger partial charge on any atom is -0.368 e. The van der Waals surface area contributed by atoms with Crippen LogP contribution < -0.4 is 5.73 Å². The van der Waals surface area contributed by atoms with Crippen molar-refractivity contribution in [3.05, 3.63) is 29.2 Å². The Bertz CT molecular complexity index is 691. The topological polar surface area (TPSA) is 68.6 Å². The fourth-order valence-corrected chi connectivity index (χ4v) is 2.97. The molecule has 7 heteroatoms. The summed E-state index contributed by atoms with van der Waals surface area (Å²) in [4.78, 5) is 13.6. The van der Waals surface area contributed by atoms with Gasteiger partial charge in [-0.05, 0) is 37.2 Å². The number of primary amides is 1. The van der Waals surface area contributed by atoms with Crippen LogP contribution >= 0.6 is 12.2 Å². The van der Waals surface area contributed by atoms with Crippen LogP contribution in [0.15, 0.2) is 24.4 Å². The molecule has 0 spiro atoms. The molecule has 1 aliphatic rings. The number of nitrogens with two attached hydrogens (primary N) is 1. The fraction of sp³-hybridized carbons (Fsp3) is 0.462. The molecule has 0 aliphatic carbocycles. The number of rotatable bonds is 3. The first-order valence-electron chi connectivity index (χ1n) is 6.74. The van der Waals surface area contributed by atoms with Crippen LogP contribution in [0.5, 0.6) is 0 Å². The molecule has 1 atom stereocenters. The minimum absolute atomic E-state index is 0.213. The lowest BCUT2D eigenvalue weighted by atomic mass is 10.0. The van der Waals surface area contributed by atoms with Crippen LogP contribution in [0.4, 0.5) is 0 Å². The average Bonchev–Trinajstić information content (AvgIpc) is 2.76. The minimum atomic E-state index is -0.264. The Morgan fingerprint density at radius 2 is 2.30 bits per heavy atom. The zero-order chi connectivity index (χ0) is 14.1. The van der Waals surface area contributed by atoms with Crippen LogP contribution in [-0.4, -0.2) is 37.6 Å². The molecule has 0 bridgehead atoms. The van der Waals surface area contributed by atoms with Gasteiger partial charge in [0.25, 0.3) is 0 Å². The molecule has 3 heterocycles. The van der Waals surface area contributed by atoms with Gasteiger partial charge in [-0.2, -0.15) is 5.10 Å². The van der Waals surface area contributed by atoms with Crippen LogP contribution in [0, 0.1) is 4.77 Å². The third-order valence-corrected chi connectivity index (χ3v) is 4.15. The highest BCUT2D eigenvalue weighted by atomic mass is 32.1. The molecule has 1 saturated heterocycles. The van der Waals surface area contributed by atoms with E-state index in [0.717, 1.165) is 31.5 Å². The first kappa shape index (κ1) is 13.3. The molecular weight excluding hydrogens is 274 g/mol. The van der Waals surface area contributed by atoms with E-state index in [1.165, 1.54) is 0 Å². The van der Waals surface area contributed by atoms with Crippen LogP contribution in [0.25, 0.3) is 5.65 Å². The number of carbonyl (C=O) groups excluding carboxylic acids is 1. The summed E-state index contributed by atoms with van der Waals surface area (Å²) in [7, 11) is 0. The van der Waals surface area contributed by atoms with E-state index >= 15 is 0 Å². The van der Waals surface area contributed by atoms with E-state index in [4.69, 9.17) is 18.0 Å². The number of hydrogen-bond donors (Lipinski definition) is 1. The highest BCUT2D eigenvalue weighted by molar-refractivity contribution is 7.71. The number of piperidine rings is 1. The SMILES string of the molecule is NC(=O)C1CCCCN1Cn1nc2ccccn2c1=S. The largest absolute Gasteiger partial charge is 0.368 e. The van der Waals surface area contributed by atoms with Gasteiger partial charge in [0.1, 0.15) is 0 Å². The fourth-order valence-electron chi connectivity index (χ4n) is 2.71. The lowest BCUT2D eigenvalue weighted by Gasteiger charge is -2.33. The normalized spacial score (nSPS) is 20.3. The number of likely N-dealkylation sites (tertiary alicyclic amines) is 1. The van der Waals surface area contributed by atoms with Crippen molar-refractivity contribution in [1.82, 2.24) is 19.1 Å². The summed E-state index contributed by atoms with van der Waals surface area (Å²) in [5.41, 5.74) is 6.29. The van der Waals surface area contributed by atoms with E-state index in [0.29, 0.717) is 11.4 Å². The number of fused-ring (bicyclic) bond motifs is 1. The molecule has 0 radical (unpaired) electrons. The van der Waals surface area contributed by atoms with Crippen molar-refractivity contribution < 1.29 is 4.79 Å². The van der Waals surface area contributed by atoms with Gasteiger partial charge in [-0.3, -0.25) is 14.1 Å². The second-order valence-electron chi connectivity index (χ2n) is 5.08. The molecule has 1 amide bonds. The summed E-state index contributed by atoms with van der Waals surface area (Å²) in [6.07, 6.45) is 4.82. The van der Waals surface area contributed by atoms with Gasteiger partial charge in [0.2, 0.25) is 10.7 Å². The van der Waals surface area contributed by atoms with Crippen molar-refractivity contribution in [3.8, 4) is 0 Å². The average molecular weight is 291 g/mol. The lowest BCUT2D eigenvalue weighted by Crippen LogP contribution is -2.48. The number of aromatic nitrogens is 3. The molecule has 2 N–H and O–H groups in total. The zero-order valence-corrected chi connectivity index (χ0v) is 11.9. The number of hydrogen-bond acceptors (Lipinski definition) is 4. The maximum absolute atomic E-state index is 11.5. The summed E-state index contributed by atoms with van der Waals surface area (Å²) in [5, 5.41) is 4.48. The first-order chi connectivity index (χ1) is 9.66. The van der Waals surface area contributed by atoms with Crippen molar-refractivity contribution in [1.29, 1.82) is 0 Å². The molecule has 20 heavy (non-hydrogen) atoms. The third kappa shape index (κ3) is 2.34. The monoisotopic (exact) mass is 291 g/mol. The molecule has 0 aromatic carbocycles. The molecule has 106 valence electrons. The highest BCUT2D eigenvalue weighted by Gasteiger charge is 2.27. The number of nitrogens with zero attached hydrogens (tertiary/aromatic N) is 4. The van der Waals surface area contributed by atoms with Gasteiger partial charge >= 0.3 is 0 Å². The molecular formula is C13H17N5OS. The summed E-state index contributed by atoms with van der Waals surface area (Å²) in [6, 6.07) is 5.54. The first-order valence-corrected chi connectivity index (χ1v) is 7.15. The van der Waals surface area contributed by atoms with Gasteiger partial charge in [0.15, 0.2) is 5.65 Å². The lowest BCUT2D eigenvalue weighted by molar-refractivity contribution is -0.125. The third-order valence-electron chi connectivity index (χ3n) is 3.75. The molecule has 3 rings (SSSR count). The second-order valence-corrected chi connectivity index (χ2v) is 5.44. The van der Waals surface area contributed by atoms with Crippen LogP contribution in [-0.2, 0) is 11.5 Å². The summed E-state index contributed by atoms with van der Waals surface area (Å²) in [6.45, 7) is 1.36. The quantitative estimate of drug-likeness (QED) is 0.862. The Morgan fingerprint density at radius 1 is 1.45 bits per heavy atom. The predicted octanol–water partition coefficient (Wildman–Crippen LogP) is 1.16. The second kappa shape index (κ2) is 5.34. The molecule has 1 unspecified atom stereocenters. The van der Waals surface area contributed by atoms with Gasteiger partial charge in [0, 0.05) is 12.7 Å². The smallest absolute Gasteiger partial charge is 0.234 e. The number of amides is 1. The summed E-state index contributed by atoms with van der Waals surface area (Å²) < 4.78 is 4.25. The van der Waals surface area contributed by atoms with Gasteiger partial charge < -0.3 is 5.73 Å². The maximum Gasteiger partial charge on any atom is 0.234 e.